The summed E-state index contributed by atoms with van der Waals surface area (Å²) >= 11 is 5.96. The Morgan fingerprint density at radius 3 is 2.74 bits per heavy atom. The molecular formula is C23H17ClF3N3O4S. The van der Waals surface area contributed by atoms with E-state index in [9.17, 15) is 26.4 Å². The lowest BCUT2D eigenvalue weighted by molar-refractivity contribution is -0.137. The number of halogens is 4. The number of carbonyl (C=O) groups excluding carboxylic acids is 1. The van der Waals surface area contributed by atoms with Crippen molar-refractivity contribution in [2.75, 3.05) is 4.72 Å². The van der Waals surface area contributed by atoms with Crippen LogP contribution in [-0.2, 0) is 20.9 Å². The molecule has 182 valence electrons. The molecule has 0 radical (unpaired) electrons. The highest BCUT2D eigenvalue weighted by molar-refractivity contribution is 7.92. The number of amides is 1. The fraction of sp³-hybridized carbons (Fsp3) is 0.130. The smallest absolute Gasteiger partial charge is 0.416 e. The van der Waals surface area contributed by atoms with Crippen molar-refractivity contribution in [3.8, 4) is 0 Å². The first-order chi connectivity index (χ1) is 16.5. The van der Waals surface area contributed by atoms with Crippen molar-refractivity contribution in [2.45, 2.75) is 23.9 Å². The Balaban J connectivity index is 1.66. The van der Waals surface area contributed by atoms with Gasteiger partial charge in [-0.3, -0.25) is 14.4 Å². The Kier molecular flexibility index (Phi) is 6.73. The van der Waals surface area contributed by atoms with Gasteiger partial charge in [0.1, 0.15) is 12.0 Å². The van der Waals surface area contributed by atoms with Gasteiger partial charge in [0.25, 0.3) is 15.9 Å². The number of hydrogen-bond acceptors (Lipinski definition) is 5. The van der Waals surface area contributed by atoms with Gasteiger partial charge in [0.15, 0.2) is 5.69 Å². The minimum atomic E-state index is -4.74. The van der Waals surface area contributed by atoms with E-state index in [1.54, 1.807) is 0 Å². The second-order valence-corrected chi connectivity index (χ2v) is 9.57. The molecule has 1 aromatic heterocycles. The lowest BCUT2D eigenvalue weighted by Gasteiger charge is -2.22. The Bertz CT molecular complexity index is 1400. The Morgan fingerprint density at radius 1 is 1.23 bits per heavy atom. The van der Waals surface area contributed by atoms with Crippen molar-refractivity contribution in [2.24, 2.45) is 0 Å². The highest BCUT2D eigenvalue weighted by Gasteiger charge is 2.32. The number of nitrogens with zero attached hydrogens (tertiary/aromatic N) is 2. The van der Waals surface area contributed by atoms with Gasteiger partial charge in [-0.2, -0.15) is 13.2 Å². The highest BCUT2D eigenvalue weighted by Crippen LogP contribution is 2.32. The Morgan fingerprint density at radius 2 is 2.03 bits per heavy atom. The molecule has 1 amide bonds. The summed E-state index contributed by atoms with van der Waals surface area (Å²) in [5, 5.41) is 0.0104. The van der Waals surface area contributed by atoms with Crippen LogP contribution in [0.2, 0.25) is 5.02 Å². The second kappa shape index (κ2) is 9.59. The molecule has 0 atom stereocenters. The predicted molar refractivity (Wildman–Crippen MR) is 122 cm³/mol. The number of carbonyl (C=O) groups is 1. The molecule has 35 heavy (non-hydrogen) atoms. The molecule has 12 heteroatoms. The Labute approximate surface area is 203 Å². The molecule has 0 fully saturated rings. The molecule has 4 rings (SSSR count). The van der Waals surface area contributed by atoms with Crippen LogP contribution < -0.4 is 4.72 Å². The summed E-state index contributed by atoms with van der Waals surface area (Å²) in [5.74, 6) is -0.280. The minimum absolute atomic E-state index is 0.0104. The van der Waals surface area contributed by atoms with Crippen molar-refractivity contribution < 1.29 is 31.1 Å². The minimum Gasteiger partial charge on any atom is -0.462 e. The van der Waals surface area contributed by atoms with Gasteiger partial charge in [0, 0.05) is 12.4 Å². The number of pyridine rings is 1. The summed E-state index contributed by atoms with van der Waals surface area (Å²) in [4.78, 5) is 17.7. The zero-order valence-corrected chi connectivity index (χ0v) is 19.4. The predicted octanol–water partition coefficient (Wildman–Crippen LogP) is 5.62. The van der Waals surface area contributed by atoms with Crippen LogP contribution >= 0.6 is 11.6 Å². The van der Waals surface area contributed by atoms with Crippen LogP contribution in [0.5, 0.6) is 0 Å². The zero-order valence-electron chi connectivity index (χ0n) is 17.8. The second-order valence-electron chi connectivity index (χ2n) is 7.45. The molecule has 1 aromatic carbocycles. The van der Waals surface area contributed by atoms with Gasteiger partial charge in [-0.05, 0) is 42.7 Å². The van der Waals surface area contributed by atoms with Gasteiger partial charge >= 0.3 is 6.18 Å². The summed E-state index contributed by atoms with van der Waals surface area (Å²) < 4.78 is 72.5. The van der Waals surface area contributed by atoms with E-state index in [0.717, 1.165) is 47.4 Å². The molecule has 1 aliphatic carbocycles. The third-order valence-corrected chi connectivity index (χ3v) is 6.58. The van der Waals surface area contributed by atoms with Gasteiger partial charge in [-0.15, -0.1) is 0 Å². The van der Waals surface area contributed by atoms with E-state index in [4.69, 9.17) is 16.3 Å². The number of sulfonamides is 1. The fourth-order valence-electron chi connectivity index (χ4n) is 3.31. The number of nitrogens with one attached hydrogen (secondary N) is 1. The molecular weight excluding hydrogens is 507 g/mol. The van der Waals surface area contributed by atoms with E-state index in [1.807, 2.05) is 18.2 Å². The summed E-state index contributed by atoms with van der Waals surface area (Å²) in [7, 11) is -4.52. The van der Waals surface area contributed by atoms with E-state index >= 15 is 0 Å². The monoisotopic (exact) mass is 523 g/mol. The number of alkyl halides is 3. The Hall–Kier alpha value is -3.57. The van der Waals surface area contributed by atoms with Crippen LogP contribution in [0.25, 0.3) is 0 Å². The highest BCUT2D eigenvalue weighted by atomic mass is 35.5. The molecule has 0 spiro atoms. The zero-order chi connectivity index (χ0) is 25.2. The number of rotatable bonds is 5. The number of ether oxygens (including phenoxy) is 1. The molecule has 7 nitrogen and oxygen atoms in total. The van der Waals surface area contributed by atoms with Crippen LogP contribution in [0.4, 0.5) is 18.9 Å². The lowest BCUT2D eigenvalue weighted by Crippen LogP contribution is -2.26. The normalized spacial score (nSPS) is 15.8. The van der Waals surface area contributed by atoms with Crippen LogP contribution in [0, 0.1) is 0 Å². The third-order valence-electron chi connectivity index (χ3n) is 5.01. The number of hydrogen-bond donors (Lipinski definition) is 1. The van der Waals surface area contributed by atoms with Crippen molar-refractivity contribution in [1.29, 1.82) is 0 Å². The standard InChI is InChI=1S/C23H17ClF3N3O4S/c24-17-12-19(29-35(32,33)18-8-4-7-16(11-18)23(25,26)27)21(28-13-17)22(31)30-9-10-34-20(14-30)15-5-2-1-3-6-15/h1-2,4-5,7-14,29H,3,6H2. The summed E-state index contributed by atoms with van der Waals surface area (Å²) in [6, 6.07) is 4.37. The SMILES string of the molecule is O=C(c1ncc(Cl)cc1NS(=O)(=O)c1cccc(C(F)(F)F)c1)N1C=COC(C2=CC=CCC2)=C1. The van der Waals surface area contributed by atoms with E-state index in [1.165, 1.54) is 18.7 Å². The van der Waals surface area contributed by atoms with Crippen LogP contribution in [-0.4, -0.2) is 24.2 Å². The van der Waals surface area contributed by atoms with Crippen molar-refractivity contribution in [3.63, 3.8) is 0 Å². The summed E-state index contributed by atoms with van der Waals surface area (Å²) in [6.45, 7) is 0. The van der Waals surface area contributed by atoms with E-state index < -0.39 is 32.6 Å². The first-order valence-corrected chi connectivity index (χ1v) is 12.0. The van der Waals surface area contributed by atoms with Crippen LogP contribution in [0.3, 0.4) is 0 Å². The lowest BCUT2D eigenvalue weighted by atomic mass is 10.0. The maximum Gasteiger partial charge on any atom is 0.416 e. The molecule has 0 saturated carbocycles. The molecule has 0 saturated heterocycles. The summed E-state index contributed by atoms with van der Waals surface area (Å²) in [5.41, 5.74) is -0.882. The van der Waals surface area contributed by atoms with Crippen LogP contribution in [0.1, 0.15) is 28.9 Å². The van der Waals surface area contributed by atoms with Crippen molar-refractivity contribution in [1.82, 2.24) is 9.88 Å². The van der Waals surface area contributed by atoms with Crippen molar-refractivity contribution in [3.05, 3.63) is 101 Å². The first kappa shape index (κ1) is 24.6. The van der Waals surface area contributed by atoms with Crippen molar-refractivity contribution >= 4 is 33.2 Å². The van der Waals surface area contributed by atoms with Gasteiger partial charge in [0.2, 0.25) is 0 Å². The van der Waals surface area contributed by atoms with E-state index in [0.29, 0.717) is 18.2 Å². The van der Waals surface area contributed by atoms with E-state index in [-0.39, 0.29) is 16.4 Å². The topological polar surface area (TPSA) is 88.6 Å². The molecule has 2 heterocycles. The number of anilines is 1. The molecule has 2 aromatic rings. The van der Waals surface area contributed by atoms with Crippen LogP contribution in [0.15, 0.2) is 89.6 Å². The molecule has 0 bridgehead atoms. The molecule has 0 unspecified atom stereocenters. The summed E-state index contributed by atoms with van der Waals surface area (Å²) in [6.07, 6.45) is 7.72. The number of allylic oxidation sites excluding steroid dienone is 4. The van der Waals surface area contributed by atoms with Gasteiger partial charge in [0.05, 0.1) is 27.4 Å². The van der Waals surface area contributed by atoms with E-state index in [2.05, 4.69) is 9.71 Å². The van der Waals surface area contributed by atoms with Gasteiger partial charge in [-0.25, -0.2) is 13.4 Å². The quantitative estimate of drug-likeness (QED) is 0.550. The maximum absolute atomic E-state index is 13.2. The van der Waals surface area contributed by atoms with Gasteiger partial charge in [-0.1, -0.05) is 35.9 Å². The number of aromatic nitrogens is 1. The largest absolute Gasteiger partial charge is 0.462 e. The molecule has 1 aliphatic heterocycles. The van der Waals surface area contributed by atoms with Gasteiger partial charge < -0.3 is 4.74 Å². The average Bonchev–Trinajstić information content (AvgIpc) is 2.84. The first-order valence-electron chi connectivity index (χ1n) is 10.1. The maximum atomic E-state index is 13.2. The fourth-order valence-corrected chi connectivity index (χ4v) is 4.58. The molecule has 1 N–H and O–H groups in total. The molecule has 2 aliphatic rings. The average molecular weight is 524 g/mol. The number of benzene rings is 1. The third kappa shape index (κ3) is 5.57.